The maximum atomic E-state index is 2.53. The number of aromatic nitrogens is 2. The fourth-order valence-electron chi connectivity index (χ4n) is 11.3. The number of thiophene rings is 2. The first kappa shape index (κ1) is 40.2. The highest BCUT2D eigenvalue weighted by Crippen LogP contribution is 2.49. The maximum Gasteiger partial charge on any atom is 0.0556 e. The fourth-order valence-corrected chi connectivity index (χ4v) is 13.7. The lowest BCUT2D eigenvalue weighted by molar-refractivity contribution is 1.17. The van der Waals surface area contributed by atoms with Crippen LogP contribution in [0.15, 0.2) is 249 Å². The molecule has 11 aromatic carbocycles. The Kier molecular flexibility index (Phi) is 9.00. The quantitative estimate of drug-likeness (QED) is 0.155. The summed E-state index contributed by atoms with van der Waals surface area (Å²) in [6.45, 7) is 0. The van der Waals surface area contributed by atoms with Gasteiger partial charge in [-0.15, -0.1) is 22.7 Å². The van der Waals surface area contributed by atoms with E-state index in [4.69, 9.17) is 0 Å². The summed E-state index contributed by atoms with van der Waals surface area (Å²) in [6.07, 6.45) is 0. The van der Waals surface area contributed by atoms with Gasteiger partial charge in [0.1, 0.15) is 0 Å². The number of benzene rings is 11. The van der Waals surface area contributed by atoms with Gasteiger partial charge in [-0.05, 0) is 125 Å². The van der Waals surface area contributed by atoms with Gasteiger partial charge in [-0.3, -0.25) is 0 Å². The van der Waals surface area contributed by atoms with E-state index in [0.717, 1.165) is 39.5 Å². The zero-order valence-corrected chi connectivity index (χ0v) is 40.0. The molecule has 0 aliphatic carbocycles. The van der Waals surface area contributed by atoms with Gasteiger partial charge in [0.15, 0.2) is 0 Å². The van der Waals surface area contributed by atoms with Crippen LogP contribution in [0, 0.1) is 0 Å². The maximum absolute atomic E-state index is 2.53. The SMILES string of the molecule is c1ccc(-c2ccc(N(c3ccc(-c4ccccc4)cc3)c3ccc4c(c3)c3cc(-n5c6ccc7c8ccccc8sc7c6c6c7c(ccc65)sc5ccccc57)ccc3n4-c3ccccc3)cc2)cc1. The van der Waals surface area contributed by atoms with Gasteiger partial charge in [0.25, 0.3) is 0 Å². The van der Waals surface area contributed by atoms with E-state index in [9.17, 15) is 0 Å². The summed E-state index contributed by atoms with van der Waals surface area (Å²) in [6, 6.07) is 91.4. The zero-order valence-electron chi connectivity index (χ0n) is 38.3. The molecule has 0 saturated heterocycles. The molecule has 4 aromatic heterocycles. The summed E-state index contributed by atoms with van der Waals surface area (Å²) in [7, 11) is 0. The van der Waals surface area contributed by atoms with Crippen molar-refractivity contribution < 1.29 is 0 Å². The molecule has 15 aromatic rings. The standard InChI is InChI=1S/C66H41N3S2/c1-4-14-42(15-5-1)44-24-28-47(29-25-44)67(48-30-26-45(27-31-48)43-16-6-2-7-17-43)49-32-35-56-54(40-49)55-41-50(33-36-57(55)68(56)46-18-8-3-9-19-46)69-58-38-39-62-63(53-21-11-13-23-61(53)70-62)64(58)65-59(69)37-34-52-51-20-10-12-22-60(51)71-66(52)65/h1-41H. The van der Waals surface area contributed by atoms with Crippen LogP contribution in [-0.2, 0) is 0 Å². The Hall–Kier alpha value is -8.74. The molecule has 0 bridgehead atoms. The predicted octanol–water partition coefficient (Wildman–Crippen LogP) is 19.4. The monoisotopic (exact) mass is 939 g/mol. The van der Waals surface area contributed by atoms with Crippen molar-refractivity contribution in [3.8, 4) is 33.6 Å². The Bertz CT molecular complexity index is 4460. The van der Waals surface area contributed by atoms with E-state index >= 15 is 0 Å². The molecule has 0 N–H and O–H groups in total. The van der Waals surface area contributed by atoms with Crippen LogP contribution in [0.2, 0.25) is 0 Å². The van der Waals surface area contributed by atoms with Crippen LogP contribution in [0.3, 0.4) is 0 Å². The third-order valence-corrected chi connectivity index (χ3v) is 16.8. The number of nitrogens with zero attached hydrogens (tertiary/aromatic N) is 3. The van der Waals surface area contributed by atoms with Gasteiger partial charge in [-0.1, -0.05) is 146 Å². The minimum atomic E-state index is 1.09. The van der Waals surface area contributed by atoms with E-state index in [2.05, 4.69) is 263 Å². The smallest absolute Gasteiger partial charge is 0.0556 e. The van der Waals surface area contributed by atoms with Gasteiger partial charge in [0.2, 0.25) is 0 Å². The third kappa shape index (κ3) is 6.27. The Morgan fingerprint density at radius 1 is 0.268 bits per heavy atom. The molecule has 0 saturated carbocycles. The molecular formula is C66H41N3S2. The van der Waals surface area contributed by atoms with Crippen molar-refractivity contribution in [1.29, 1.82) is 0 Å². The van der Waals surface area contributed by atoms with Crippen LogP contribution >= 0.6 is 22.7 Å². The Balaban J connectivity index is 0.981. The summed E-state index contributed by atoms with van der Waals surface area (Å²) in [5, 5.41) is 10.3. The molecule has 3 nitrogen and oxygen atoms in total. The summed E-state index contributed by atoms with van der Waals surface area (Å²) < 4.78 is 10.3. The van der Waals surface area contributed by atoms with Crippen molar-refractivity contribution in [2.45, 2.75) is 0 Å². The lowest BCUT2D eigenvalue weighted by Gasteiger charge is -2.26. The summed E-state index contributed by atoms with van der Waals surface area (Å²) in [4.78, 5) is 2.40. The Labute approximate surface area is 417 Å². The van der Waals surface area contributed by atoms with Crippen LogP contribution < -0.4 is 4.90 Å². The molecular weight excluding hydrogens is 899 g/mol. The van der Waals surface area contributed by atoms with Gasteiger partial charge >= 0.3 is 0 Å². The van der Waals surface area contributed by atoms with E-state index in [1.807, 2.05) is 22.7 Å². The molecule has 15 rings (SSSR count). The lowest BCUT2D eigenvalue weighted by Crippen LogP contribution is -2.10. The van der Waals surface area contributed by atoms with Crippen molar-refractivity contribution >= 4 is 124 Å². The van der Waals surface area contributed by atoms with Crippen molar-refractivity contribution in [3.05, 3.63) is 249 Å². The van der Waals surface area contributed by atoms with E-state index in [1.54, 1.807) is 0 Å². The minimum Gasteiger partial charge on any atom is -0.310 e. The molecule has 0 atom stereocenters. The van der Waals surface area contributed by atoms with E-state index in [0.29, 0.717) is 0 Å². The van der Waals surface area contributed by atoms with E-state index in [-0.39, 0.29) is 0 Å². The first-order valence-electron chi connectivity index (χ1n) is 24.2. The average Bonchev–Trinajstić information content (AvgIpc) is 4.19. The van der Waals surface area contributed by atoms with Crippen LogP contribution in [0.4, 0.5) is 17.1 Å². The van der Waals surface area contributed by atoms with Crippen LogP contribution in [0.25, 0.3) is 118 Å². The fraction of sp³-hybridized carbons (Fsp3) is 0. The molecule has 0 amide bonds. The first-order chi connectivity index (χ1) is 35.2. The minimum absolute atomic E-state index is 1.09. The number of para-hydroxylation sites is 1. The number of anilines is 3. The van der Waals surface area contributed by atoms with Gasteiger partial charge in [0, 0.05) is 90.3 Å². The van der Waals surface area contributed by atoms with Crippen molar-refractivity contribution in [3.63, 3.8) is 0 Å². The summed E-state index contributed by atoms with van der Waals surface area (Å²) in [5.41, 5.74) is 15.1. The number of hydrogen-bond donors (Lipinski definition) is 0. The Morgan fingerprint density at radius 2 is 0.761 bits per heavy atom. The number of rotatable bonds is 7. The van der Waals surface area contributed by atoms with Gasteiger partial charge < -0.3 is 14.0 Å². The van der Waals surface area contributed by atoms with Gasteiger partial charge in [0.05, 0.1) is 22.1 Å². The molecule has 0 aliphatic rings. The molecule has 0 fully saturated rings. The van der Waals surface area contributed by atoms with E-state index < -0.39 is 0 Å². The topological polar surface area (TPSA) is 13.1 Å². The van der Waals surface area contributed by atoms with Crippen LogP contribution in [-0.4, -0.2) is 9.13 Å². The predicted molar refractivity (Wildman–Crippen MR) is 306 cm³/mol. The second kappa shape index (κ2) is 15.9. The normalized spacial score (nSPS) is 11.9. The van der Waals surface area contributed by atoms with Crippen LogP contribution in [0.5, 0.6) is 0 Å². The van der Waals surface area contributed by atoms with E-state index in [1.165, 1.54) is 95.2 Å². The molecule has 5 heteroatoms. The van der Waals surface area contributed by atoms with Crippen molar-refractivity contribution in [2.24, 2.45) is 0 Å². The number of hydrogen-bond acceptors (Lipinski definition) is 3. The largest absolute Gasteiger partial charge is 0.310 e. The van der Waals surface area contributed by atoms with Gasteiger partial charge in [-0.2, -0.15) is 0 Å². The zero-order chi connectivity index (χ0) is 46.6. The molecule has 332 valence electrons. The van der Waals surface area contributed by atoms with Crippen molar-refractivity contribution in [2.75, 3.05) is 4.90 Å². The van der Waals surface area contributed by atoms with Crippen molar-refractivity contribution in [1.82, 2.24) is 9.13 Å². The molecule has 0 aliphatic heterocycles. The number of fused-ring (bicyclic) bond motifs is 14. The highest BCUT2D eigenvalue weighted by atomic mass is 32.1. The molecule has 0 spiro atoms. The second-order valence-corrected chi connectivity index (χ2v) is 20.6. The lowest BCUT2D eigenvalue weighted by atomic mass is 10.0. The summed E-state index contributed by atoms with van der Waals surface area (Å²) >= 11 is 3.81. The first-order valence-corrected chi connectivity index (χ1v) is 25.8. The second-order valence-electron chi connectivity index (χ2n) is 18.4. The average molecular weight is 940 g/mol. The third-order valence-electron chi connectivity index (χ3n) is 14.5. The van der Waals surface area contributed by atoms with Crippen LogP contribution in [0.1, 0.15) is 0 Å². The highest BCUT2D eigenvalue weighted by Gasteiger charge is 2.23. The molecule has 0 radical (unpaired) electrons. The molecule has 0 unspecified atom stereocenters. The molecule has 71 heavy (non-hydrogen) atoms. The van der Waals surface area contributed by atoms with Gasteiger partial charge in [-0.25, -0.2) is 0 Å². The highest BCUT2D eigenvalue weighted by molar-refractivity contribution is 7.27. The summed E-state index contributed by atoms with van der Waals surface area (Å²) in [5.74, 6) is 0. The Morgan fingerprint density at radius 3 is 1.44 bits per heavy atom. The molecule has 4 heterocycles.